The third-order valence-corrected chi connectivity index (χ3v) is 4.11. The van der Waals surface area contributed by atoms with Gasteiger partial charge in [-0.3, -0.25) is 10.1 Å². The maximum absolute atomic E-state index is 11.0. The Bertz CT molecular complexity index is 563. The minimum Gasteiger partial charge on any atom is -0.485 e. The lowest BCUT2D eigenvalue weighted by Crippen LogP contribution is -2.53. The molecule has 1 saturated heterocycles. The number of nitro groups is 1. The van der Waals surface area contributed by atoms with Crippen LogP contribution in [0.5, 0.6) is 5.75 Å². The number of hydrogen-bond donors (Lipinski definition) is 1. The molecule has 0 radical (unpaired) electrons. The summed E-state index contributed by atoms with van der Waals surface area (Å²) in [6.45, 7) is 2.34. The quantitative estimate of drug-likeness (QED) is 0.669. The Kier molecular flexibility index (Phi) is 4.12. The van der Waals surface area contributed by atoms with Gasteiger partial charge in [-0.1, -0.05) is 15.9 Å². The van der Waals surface area contributed by atoms with E-state index in [0.717, 1.165) is 5.56 Å². The van der Waals surface area contributed by atoms with Crippen LogP contribution >= 0.6 is 15.9 Å². The van der Waals surface area contributed by atoms with Crippen molar-refractivity contribution in [2.24, 2.45) is 0 Å². The molecular weight excluding hydrogens is 332 g/mol. The molecule has 1 aromatic carbocycles. The van der Waals surface area contributed by atoms with Gasteiger partial charge in [0.1, 0.15) is 6.61 Å². The largest absolute Gasteiger partial charge is 0.485 e. The van der Waals surface area contributed by atoms with Crippen molar-refractivity contribution in [2.45, 2.75) is 19.4 Å². The Hall–Kier alpha value is -1.83. The standard InChI is InChI=1S/C12H13BrN2O5/c1-7-4-10(15(18)19)11(5-9(7)13)20-6-8-2-3-14(8)12(16)17/h4-5,8H,2-3,6H2,1H3,(H,16,17). The third-order valence-electron chi connectivity index (χ3n) is 3.26. The van der Waals surface area contributed by atoms with E-state index in [4.69, 9.17) is 9.84 Å². The van der Waals surface area contributed by atoms with Gasteiger partial charge < -0.3 is 14.7 Å². The minimum atomic E-state index is -0.996. The van der Waals surface area contributed by atoms with Crippen molar-refractivity contribution >= 4 is 27.7 Å². The molecule has 2 rings (SSSR count). The number of ether oxygens (including phenoxy) is 1. The summed E-state index contributed by atoms with van der Waals surface area (Å²) in [4.78, 5) is 22.6. The zero-order chi connectivity index (χ0) is 14.9. The number of carboxylic acid groups (broad SMARTS) is 1. The van der Waals surface area contributed by atoms with Crippen LogP contribution in [0.4, 0.5) is 10.5 Å². The van der Waals surface area contributed by atoms with Crippen molar-refractivity contribution in [1.29, 1.82) is 0 Å². The smallest absolute Gasteiger partial charge is 0.407 e. The molecule has 7 nitrogen and oxygen atoms in total. The van der Waals surface area contributed by atoms with Gasteiger partial charge in [-0.25, -0.2) is 4.79 Å². The highest BCUT2D eigenvalue weighted by Gasteiger charge is 2.33. The lowest BCUT2D eigenvalue weighted by Gasteiger charge is -2.38. The van der Waals surface area contributed by atoms with E-state index in [1.54, 1.807) is 6.92 Å². The fraction of sp³-hybridized carbons (Fsp3) is 0.417. The maximum atomic E-state index is 11.0. The first kappa shape index (κ1) is 14.6. The van der Waals surface area contributed by atoms with E-state index in [9.17, 15) is 14.9 Å². The lowest BCUT2D eigenvalue weighted by atomic mass is 10.1. The van der Waals surface area contributed by atoms with Crippen LogP contribution in [0.25, 0.3) is 0 Å². The SMILES string of the molecule is Cc1cc([N+](=O)[O-])c(OCC2CCN2C(=O)O)cc1Br. The molecule has 1 heterocycles. The van der Waals surface area contributed by atoms with Gasteiger partial charge in [-0.2, -0.15) is 0 Å². The average Bonchev–Trinajstić information content (AvgIpc) is 2.30. The zero-order valence-corrected chi connectivity index (χ0v) is 12.3. The molecule has 0 spiro atoms. The van der Waals surface area contributed by atoms with Crippen LogP contribution in [-0.2, 0) is 0 Å². The second kappa shape index (κ2) is 5.66. The Labute approximate surface area is 123 Å². The van der Waals surface area contributed by atoms with Crippen molar-refractivity contribution < 1.29 is 19.6 Å². The van der Waals surface area contributed by atoms with Gasteiger partial charge in [0.25, 0.3) is 0 Å². The third kappa shape index (κ3) is 2.84. The number of benzene rings is 1. The summed E-state index contributed by atoms with van der Waals surface area (Å²) in [5.74, 6) is 0.143. The molecule has 1 aliphatic heterocycles. The van der Waals surface area contributed by atoms with E-state index in [-0.39, 0.29) is 24.1 Å². The molecule has 0 saturated carbocycles. The summed E-state index contributed by atoms with van der Waals surface area (Å²) in [6, 6.07) is 2.72. The van der Waals surface area contributed by atoms with Crippen LogP contribution in [0.2, 0.25) is 0 Å². The molecule has 0 aromatic heterocycles. The Morgan fingerprint density at radius 2 is 2.35 bits per heavy atom. The molecule has 108 valence electrons. The van der Waals surface area contributed by atoms with Crippen LogP contribution in [0, 0.1) is 17.0 Å². The van der Waals surface area contributed by atoms with Crippen LogP contribution in [0.15, 0.2) is 16.6 Å². The number of carbonyl (C=O) groups is 1. The molecule has 1 N–H and O–H groups in total. The Morgan fingerprint density at radius 1 is 1.65 bits per heavy atom. The molecule has 1 fully saturated rings. The number of aryl methyl sites for hydroxylation is 1. The van der Waals surface area contributed by atoms with Gasteiger partial charge in [-0.05, 0) is 18.9 Å². The first-order chi connectivity index (χ1) is 9.40. The predicted octanol–water partition coefficient (Wildman–Crippen LogP) is 2.80. The first-order valence-electron chi connectivity index (χ1n) is 5.97. The van der Waals surface area contributed by atoms with Gasteiger partial charge >= 0.3 is 11.8 Å². The molecule has 0 bridgehead atoms. The van der Waals surface area contributed by atoms with Gasteiger partial charge in [-0.15, -0.1) is 0 Å². The molecule has 1 aromatic rings. The normalized spacial score (nSPS) is 17.5. The number of halogens is 1. The molecular formula is C12H13BrN2O5. The molecule has 1 unspecified atom stereocenters. The lowest BCUT2D eigenvalue weighted by molar-refractivity contribution is -0.386. The van der Waals surface area contributed by atoms with E-state index < -0.39 is 11.0 Å². The topological polar surface area (TPSA) is 92.9 Å². The number of hydrogen-bond acceptors (Lipinski definition) is 4. The Balaban J connectivity index is 2.11. The van der Waals surface area contributed by atoms with Crippen molar-refractivity contribution in [1.82, 2.24) is 4.90 Å². The van der Waals surface area contributed by atoms with E-state index in [1.165, 1.54) is 17.0 Å². The molecule has 20 heavy (non-hydrogen) atoms. The molecule has 0 aliphatic carbocycles. The van der Waals surface area contributed by atoms with Crippen molar-refractivity contribution in [2.75, 3.05) is 13.2 Å². The fourth-order valence-electron chi connectivity index (χ4n) is 1.96. The summed E-state index contributed by atoms with van der Waals surface area (Å²) in [6.07, 6.45) is -0.294. The Morgan fingerprint density at radius 3 is 2.85 bits per heavy atom. The highest BCUT2D eigenvalue weighted by atomic mass is 79.9. The second-order valence-electron chi connectivity index (χ2n) is 4.56. The number of nitrogens with zero attached hydrogens (tertiary/aromatic N) is 2. The maximum Gasteiger partial charge on any atom is 0.407 e. The minimum absolute atomic E-state index is 0.114. The van der Waals surface area contributed by atoms with Gasteiger partial charge in [0.2, 0.25) is 0 Å². The summed E-state index contributed by atoms with van der Waals surface area (Å²) in [7, 11) is 0. The average molecular weight is 345 g/mol. The zero-order valence-electron chi connectivity index (χ0n) is 10.7. The monoisotopic (exact) mass is 344 g/mol. The van der Waals surface area contributed by atoms with E-state index >= 15 is 0 Å². The van der Waals surface area contributed by atoms with Crippen molar-refractivity contribution in [3.63, 3.8) is 0 Å². The predicted molar refractivity (Wildman–Crippen MR) is 74.2 cm³/mol. The summed E-state index contributed by atoms with van der Waals surface area (Å²) in [5.41, 5.74) is 0.617. The van der Waals surface area contributed by atoms with Crippen LogP contribution in [-0.4, -0.2) is 40.2 Å². The number of amides is 1. The van der Waals surface area contributed by atoms with E-state index in [1.807, 2.05) is 0 Å². The van der Waals surface area contributed by atoms with Gasteiger partial charge in [0.05, 0.1) is 11.0 Å². The molecule has 1 aliphatic rings. The summed E-state index contributed by atoms with van der Waals surface area (Å²) in [5, 5.41) is 19.9. The van der Waals surface area contributed by atoms with Crippen molar-refractivity contribution in [3.05, 3.63) is 32.3 Å². The molecule has 1 atom stereocenters. The van der Waals surface area contributed by atoms with Crippen LogP contribution < -0.4 is 4.74 Å². The molecule has 1 amide bonds. The number of likely N-dealkylation sites (tertiary alicyclic amines) is 1. The summed E-state index contributed by atoms with van der Waals surface area (Å²) >= 11 is 3.30. The fourth-order valence-corrected chi connectivity index (χ4v) is 2.28. The highest BCUT2D eigenvalue weighted by molar-refractivity contribution is 9.10. The van der Waals surface area contributed by atoms with E-state index in [2.05, 4.69) is 15.9 Å². The number of nitro benzene ring substituents is 1. The van der Waals surface area contributed by atoms with Gasteiger partial charge in [0, 0.05) is 23.2 Å². The van der Waals surface area contributed by atoms with Gasteiger partial charge in [0.15, 0.2) is 5.75 Å². The summed E-state index contributed by atoms with van der Waals surface area (Å²) < 4.78 is 6.15. The van der Waals surface area contributed by atoms with Crippen LogP contribution in [0.3, 0.4) is 0 Å². The van der Waals surface area contributed by atoms with Crippen LogP contribution in [0.1, 0.15) is 12.0 Å². The number of rotatable bonds is 4. The van der Waals surface area contributed by atoms with Crippen molar-refractivity contribution in [3.8, 4) is 5.75 Å². The van der Waals surface area contributed by atoms with E-state index in [0.29, 0.717) is 17.4 Å². The first-order valence-corrected chi connectivity index (χ1v) is 6.76. The highest BCUT2D eigenvalue weighted by Crippen LogP contribution is 2.33. The molecule has 8 heteroatoms. The second-order valence-corrected chi connectivity index (χ2v) is 5.41.